The van der Waals surface area contributed by atoms with E-state index >= 15 is 0 Å². The summed E-state index contributed by atoms with van der Waals surface area (Å²) in [7, 11) is 1.27. The van der Waals surface area contributed by atoms with Crippen LogP contribution >= 0.6 is 10.7 Å². The van der Waals surface area contributed by atoms with Crippen LogP contribution in [0.3, 0.4) is 0 Å². The maximum atomic E-state index is 11.3. The number of hydrogen-bond donors (Lipinski definition) is 0. The number of hydrogen-bond acceptors (Lipinski definition) is 6. The highest BCUT2D eigenvalue weighted by Crippen LogP contribution is 2.42. The van der Waals surface area contributed by atoms with Crippen LogP contribution < -0.4 is 9.47 Å². The van der Waals surface area contributed by atoms with Gasteiger partial charge < -0.3 is 9.47 Å². The number of ether oxygens (including phenoxy) is 2. The summed E-state index contributed by atoms with van der Waals surface area (Å²) >= 11 is 0. The molecule has 1 aliphatic heterocycles. The van der Waals surface area contributed by atoms with Gasteiger partial charge in [-0.2, -0.15) is 0 Å². The van der Waals surface area contributed by atoms with E-state index in [4.69, 9.17) is 20.2 Å². The highest BCUT2D eigenvalue weighted by Gasteiger charge is 2.31. The molecule has 1 heterocycles. The van der Waals surface area contributed by atoms with Crippen LogP contribution in [-0.4, -0.2) is 20.1 Å². The van der Waals surface area contributed by atoms with Crippen molar-refractivity contribution in [3.05, 3.63) is 27.8 Å². The van der Waals surface area contributed by atoms with E-state index in [1.165, 1.54) is 13.0 Å². The second kappa shape index (κ2) is 4.29. The van der Waals surface area contributed by atoms with Crippen molar-refractivity contribution in [2.75, 3.05) is 6.79 Å². The highest BCUT2D eigenvalue weighted by atomic mass is 35.7. The molecule has 1 atom stereocenters. The second-order valence-corrected chi connectivity index (χ2v) is 6.59. The summed E-state index contributed by atoms with van der Waals surface area (Å²) in [6.07, 6.45) is 0. The van der Waals surface area contributed by atoms with Crippen molar-refractivity contribution in [1.82, 2.24) is 0 Å². The third-order valence-electron chi connectivity index (χ3n) is 2.58. The number of nitro benzene ring substituents is 1. The lowest BCUT2D eigenvalue weighted by Gasteiger charge is -2.09. The Kier molecular flexibility index (Phi) is 3.07. The number of rotatable bonds is 3. The van der Waals surface area contributed by atoms with Gasteiger partial charge in [0.05, 0.1) is 16.6 Å². The van der Waals surface area contributed by atoms with Gasteiger partial charge in [0.25, 0.3) is 5.69 Å². The summed E-state index contributed by atoms with van der Waals surface area (Å²) in [6, 6.07) is 2.40. The molecular formula is C9H8ClNO6S. The Balaban J connectivity index is 2.62. The molecule has 1 aromatic carbocycles. The van der Waals surface area contributed by atoms with E-state index in [2.05, 4.69) is 0 Å². The van der Waals surface area contributed by atoms with E-state index < -0.39 is 19.2 Å². The van der Waals surface area contributed by atoms with Crippen molar-refractivity contribution in [2.45, 2.75) is 12.2 Å². The van der Waals surface area contributed by atoms with Gasteiger partial charge >= 0.3 is 0 Å². The predicted octanol–water partition coefficient (Wildman–Crippen LogP) is 1.95. The molecule has 0 saturated carbocycles. The topological polar surface area (TPSA) is 95.7 Å². The Morgan fingerprint density at radius 1 is 1.39 bits per heavy atom. The maximum absolute atomic E-state index is 11.3. The normalized spacial score (nSPS) is 15.4. The van der Waals surface area contributed by atoms with Gasteiger partial charge in [0.1, 0.15) is 5.25 Å². The third kappa shape index (κ3) is 2.21. The average Bonchev–Trinajstić information content (AvgIpc) is 2.71. The van der Waals surface area contributed by atoms with E-state index in [9.17, 15) is 18.5 Å². The summed E-state index contributed by atoms with van der Waals surface area (Å²) in [6.45, 7) is 1.21. The van der Waals surface area contributed by atoms with Crippen LogP contribution in [0.4, 0.5) is 5.69 Å². The van der Waals surface area contributed by atoms with Crippen LogP contribution in [0.15, 0.2) is 12.1 Å². The number of nitro groups is 1. The van der Waals surface area contributed by atoms with Crippen LogP contribution in [0, 0.1) is 10.1 Å². The van der Waals surface area contributed by atoms with Crippen LogP contribution in [0.1, 0.15) is 17.7 Å². The first kappa shape index (κ1) is 12.9. The van der Waals surface area contributed by atoms with Gasteiger partial charge in [-0.3, -0.25) is 10.1 Å². The molecule has 18 heavy (non-hydrogen) atoms. The van der Waals surface area contributed by atoms with Crippen LogP contribution in [-0.2, 0) is 9.05 Å². The smallest absolute Gasteiger partial charge is 0.277 e. The summed E-state index contributed by atoms with van der Waals surface area (Å²) in [5.41, 5.74) is -0.393. The third-order valence-corrected chi connectivity index (χ3v) is 4.48. The Morgan fingerprint density at radius 2 is 1.94 bits per heavy atom. The fourth-order valence-corrected chi connectivity index (χ4v) is 2.36. The molecule has 0 N–H and O–H groups in total. The van der Waals surface area contributed by atoms with Gasteiger partial charge in [0.15, 0.2) is 11.5 Å². The summed E-state index contributed by atoms with van der Waals surface area (Å²) in [4.78, 5) is 10.2. The monoisotopic (exact) mass is 293 g/mol. The fourth-order valence-electron chi connectivity index (χ4n) is 1.58. The molecule has 1 aromatic rings. The Hall–Kier alpha value is -1.54. The van der Waals surface area contributed by atoms with Gasteiger partial charge in [0.2, 0.25) is 15.8 Å². The molecule has 0 saturated heterocycles. The Morgan fingerprint density at radius 3 is 2.44 bits per heavy atom. The summed E-state index contributed by atoms with van der Waals surface area (Å²) in [5, 5.41) is 9.71. The standard InChI is InChI=1S/C9H8ClNO6S/c1-5(18(10,14)15)6-2-8-9(17-4-16-8)3-7(6)11(12)13/h2-3,5H,4H2,1H3. The van der Waals surface area contributed by atoms with Crippen molar-refractivity contribution in [1.29, 1.82) is 0 Å². The molecule has 0 radical (unpaired) electrons. The molecule has 98 valence electrons. The van der Waals surface area contributed by atoms with Crippen LogP contribution in [0.5, 0.6) is 11.5 Å². The number of halogens is 1. The predicted molar refractivity (Wildman–Crippen MR) is 62.4 cm³/mol. The van der Waals surface area contributed by atoms with Crippen molar-refractivity contribution in [3.8, 4) is 11.5 Å². The highest BCUT2D eigenvalue weighted by molar-refractivity contribution is 8.13. The van der Waals surface area contributed by atoms with Crippen LogP contribution in [0.25, 0.3) is 0 Å². The first-order valence-electron chi connectivity index (χ1n) is 4.82. The van der Waals surface area contributed by atoms with Crippen molar-refractivity contribution in [3.63, 3.8) is 0 Å². The van der Waals surface area contributed by atoms with Crippen molar-refractivity contribution in [2.24, 2.45) is 0 Å². The minimum atomic E-state index is -3.96. The number of fused-ring (bicyclic) bond motifs is 1. The first-order chi connectivity index (χ1) is 8.30. The molecule has 7 nitrogen and oxygen atoms in total. The summed E-state index contributed by atoms with van der Waals surface area (Å²) < 4.78 is 32.6. The van der Waals surface area contributed by atoms with E-state index in [-0.39, 0.29) is 29.5 Å². The van der Waals surface area contributed by atoms with Crippen LogP contribution in [0.2, 0.25) is 0 Å². The van der Waals surface area contributed by atoms with E-state index in [0.717, 1.165) is 6.07 Å². The van der Waals surface area contributed by atoms with Gasteiger partial charge in [-0.05, 0) is 13.0 Å². The SMILES string of the molecule is CC(c1cc2c(cc1[N+](=O)[O-])OCO2)S(=O)(=O)Cl. The molecule has 0 bridgehead atoms. The quantitative estimate of drug-likeness (QED) is 0.480. The Bertz CT molecular complexity index is 614. The molecular weight excluding hydrogens is 286 g/mol. The second-order valence-electron chi connectivity index (χ2n) is 3.64. The van der Waals surface area contributed by atoms with Gasteiger partial charge in [-0.15, -0.1) is 0 Å². The lowest BCUT2D eigenvalue weighted by atomic mass is 10.1. The molecule has 1 aliphatic rings. The largest absolute Gasteiger partial charge is 0.454 e. The van der Waals surface area contributed by atoms with Gasteiger partial charge in [-0.25, -0.2) is 8.42 Å². The molecule has 0 aromatic heterocycles. The zero-order valence-corrected chi connectivity index (χ0v) is 10.7. The van der Waals surface area contributed by atoms with E-state index in [1.54, 1.807) is 0 Å². The van der Waals surface area contributed by atoms with Crippen molar-refractivity contribution < 1.29 is 22.8 Å². The molecule has 0 amide bonds. The van der Waals surface area contributed by atoms with Gasteiger partial charge in [-0.1, -0.05) is 0 Å². The number of benzene rings is 1. The maximum Gasteiger partial charge on any atom is 0.277 e. The molecule has 1 unspecified atom stereocenters. The molecule has 0 fully saturated rings. The first-order valence-corrected chi connectivity index (χ1v) is 7.19. The molecule has 0 aliphatic carbocycles. The van der Waals surface area contributed by atoms with Gasteiger partial charge in [0, 0.05) is 10.7 Å². The minimum Gasteiger partial charge on any atom is -0.454 e. The number of nitrogens with zero attached hydrogens (tertiary/aromatic N) is 1. The summed E-state index contributed by atoms with van der Waals surface area (Å²) in [5.74, 6) is 0.479. The zero-order chi connectivity index (χ0) is 13.5. The zero-order valence-electron chi connectivity index (χ0n) is 9.12. The Labute approximate surface area is 107 Å². The molecule has 0 spiro atoms. The van der Waals surface area contributed by atoms with E-state index in [1.807, 2.05) is 0 Å². The average molecular weight is 294 g/mol. The minimum absolute atomic E-state index is 0.0285. The van der Waals surface area contributed by atoms with E-state index in [0.29, 0.717) is 0 Å². The lowest BCUT2D eigenvalue weighted by Crippen LogP contribution is -2.06. The fraction of sp³-hybridized carbons (Fsp3) is 0.333. The lowest BCUT2D eigenvalue weighted by molar-refractivity contribution is -0.385. The van der Waals surface area contributed by atoms with Crippen molar-refractivity contribution >= 4 is 25.4 Å². The molecule has 2 rings (SSSR count). The molecule has 9 heteroatoms.